The first-order valence-corrected chi connectivity index (χ1v) is 5.21. The highest BCUT2D eigenvalue weighted by Crippen LogP contribution is 2.04. The van der Waals surface area contributed by atoms with Crippen molar-refractivity contribution in [2.75, 3.05) is 12.4 Å². The number of hydrogen-bond acceptors (Lipinski definition) is 1. The molecule has 0 aliphatic rings. The van der Waals surface area contributed by atoms with Crippen molar-refractivity contribution >= 4 is 17.5 Å². The van der Waals surface area contributed by atoms with E-state index in [2.05, 4.69) is 19.2 Å². The van der Waals surface area contributed by atoms with Gasteiger partial charge in [0.2, 0.25) is 5.91 Å². The van der Waals surface area contributed by atoms with Crippen LogP contribution in [0.3, 0.4) is 0 Å². The first-order valence-electron chi connectivity index (χ1n) is 4.68. The third-order valence-electron chi connectivity index (χ3n) is 1.90. The molecule has 0 aromatic carbocycles. The van der Waals surface area contributed by atoms with Crippen LogP contribution in [0, 0.1) is 5.92 Å². The van der Waals surface area contributed by atoms with Gasteiger partial charge in [-0.25, -0.2) is 0 Å². The standard InChI is InChI=1S/C10H18ClNO/c1-3-9(2)8-10(13)12-7-5-4-6-11/h4-5,9H,3,6-8H2,1-2H3,(H,12,13)/b5-4+. The van der Waals surface area contributed by atoms with Crippen LogP contribution in [-0.4, -0.2) is 18.3 Å². The van der Waals surface area contributed by atoms with Crippen LogP contribution in [0.4, 0.5) is 0 Å². The van der Waals surface area contributed by atoms with Gasteiger partial charge in [0.25, 0.3) is 0 Å². The second-order valence-electron chi connectivity index (χ2n) is 3.15. The van der Waals surface area contributed by atoms with Crippen LogP contribution in [0.1, 0.15) is 26.7 Å². The third-order valence-corrected chi connectivity index (χ3v) is 2.08. The van der Waals surface area contributed by atoms with Crippen molar-refractivity contribution in [3.8, 4) is 0 Å². The average molecular weight is 204 g/mol. The zero-order chi connectivity index (χ0) is 10.1. The van der Waals surface area contributed by atoms with Gasteiger partial charge in [-0.1, -0.05) is 32.4 Å². The largest absolute Gasteiger partial charge is 0.353 e. The highest BCUT2D eigenvalue weighted by atomic mass is 35.5. The smallest absolute Gasteiger partial charge is 0.220 e. The van der Waals surface area contributed by atoms with Crippen molar-refractivity contribution in [2.24, 2.45) is 5.92 Å². The second-order valence-corrected chi connectivity index (χ2v) is 3.46. The van der Waals surface area contributed by atoms with E-state index in [0.29, 0.717) is 24.8 Å². The summed E-state index contributed by atoms with van der Waals surface area (Å²) in [5.41, 5.74) is 0. The van der Waals surface area contributed by atoms with Crippen molar-refractivity contribution < 1.29 is 4.79 Å². The van der Waals surface area contributed by atoms with Crippen molar-refractivity contribution in [3.05, 3.63) is 12.2 Å². The van der Waals surface area contributed by atoms with Gasteiger partial charge in [-0.15, -0.1) is 11.6 Å². The first kappa shape index (κ1) is 12.5. The lowest BCUT2D eigenvalue weighted by molar-refractivity contribution is -0.121. The summed E-state index contributed by atoms with van der Waals surface area (Å²) < 4.78 is 0. The number of alkyl halides is 1. The minimum atomic E-state index is 0.119. The Kier molecular flexibility index (Phi) is 7.80. The molecule has 0 bridgehead atoms. The molecule has 0 heterocycles. The Morgan fingerprint density at radius 3 is 2.77 bits per heavy atom. The summed E-state index contributed by atoms with van der Waals surface area (Å²) in [7, 11) is 0. The van der Waals surface area contributed by atoms with Gasteiger partial charge in [0, 0.05) is 18.8 Å². The summed E-state index contributed by atoms with van der Waals surface area (Å²) in [6.07, 6.45) is 5.35. The third kappa shape index (κ3) is 7.85. The van der Waals surface area contributed by atoms with Crippen molar-refractivity contribution in [3.63, 3.8) is 0 Å². The number of halogens is 1. The fraction of sp³-hybridized carbons (Fsp3) is 0.700. The van der Waals surface area contributed by atoms with E-state index in [4.69, 9.17) is 11.6 Å². The summed E-state index contributed by atoms with van der Waals surface area (Å²) in [4.78, 5) is 11.2. The van der Waals surface area contributed by atoms with Gasteiger partial charge in [-0.3, -0.25) is 4.79 Å². The molecule has 13 heavy (non-hydrogen) atoms. The molecule has 0 radical (unpaired) electrons. The number of nitrogens with one attached hydrogen (secondary N) is 1. The number of hydrogen-bond donors (Lipinski definition) is 1. The SMILES string of the molecule is CCC(C)CC(=O)NC/C=C/CCl. The topological polar surface area (TPSA) is 29.1 Å². The molecule has 1 amide bonds. The molecule has 0 spiro atoms. The van der Waals surface area contributed by atoms with E-state index in [1.165, 1.54) is 0 Å². The molecule has 0 rings (SSSR count). The predicted molar refractivity (Wildman–Crippen MR) is 56.9 cm³/mol. The zero-order valence-electron chi connectivity index (χ0n) is 8.35. The summed E-state index contributed by atoms with van der Waals surface area (Å²) >= 11 is 5.42. The van der Waals surface area contributed by atoms with Crippen molar-refractivity contribution in [1.29, 1.82) is 0 Å². The Hall–Kier alpha value is -0.500. The van der Waals surface area contributed by atoms with Gasteiger partial charge in [0.1, 0.15) is 0 Å². The van der Waals surface area contributed by atoms with E-state index >= 15 is 0 Å². The van der Waals surface area contributed by atoms with Gasteiger partial charge in [-0.2, -0.15) is 0 Å². The maximum Gasteiger partial charge on any atom is 0.220 e. The summed E-state index contributed by atoms with van der Waals surface area (Å²) in [5.74, 6) is 1.09. The number of carbonyl (C=O) groups is 1. The molecule has 0 aromatic rings. The molecule has 0 saturated heterocycles. The monoisotopic (exact) mass is 203 g/mol. The van der Waals surface area contributed by atoms with Crippen LogP contribution >= 0.6 is 11.6 Å². The van der Waals surface area contributed by atoms with E-state index in [-0.39, 0.29) is 5.91 Å². The van der Waals surface area contributed by atoms with Crippen LogP contribution in [-0.2, 0) is 4.79 Å². The fourth-order valence-corrected chi connectivity index (χ4v) is 0.978. The normalized spacial score (nSPS) is 13.2. The van der Waals surface area contributed by atoms with Gasteiger partial charge in [0.05, 0.1) is 0 Å². The quantitative estimate of drug-likeness (QED) is 0.521. The van der Waals surface area contributed by atoms with Crippen LogP contribution in [0.5, 0.6) is 0 Å². The molecule has 0 fully saturated rings. The highest BCUT2D eigenvalue weighted by molar-refractivity contribution is 6.18. The van der Waals surface area contributed by atoms with E-state index in [0.717, 1.165) is 6.42 Å². The maximum absolute atomic E-state index is 11.2. The highest BCUT2D eigenvalue weighted by Gasteiger charge is 2.04. The molecule has 0 saturated carbocycles. The Labute approximate surface area is 85.3 Å². The van der Waals surface area contributed by atoms with Gasteiger partial charge >= 0.3 is 0 Å². The molecule has 1 atom stereocenters. The molecule has 76 valence electrons. The summed E-state index contributed by atoms with van der Waals surface area (Å²) in [6.45, 7) is 4.75. The lowest BCUT2D eigenvalue weighted by Gasteiger charge is -2.07. The van der Waals surface area contributed by atoms with E-state index in [1.807, 2.05) is 12.2 Å². The summed E-state index contributed by atoms with van der Waals surface area (Å²) in [6, 6.07) is 0. The second kappa shape index (κ2) is 8.11. The van der Waals surface area contributed by atoms with E-state index < -0.39 is 0 Å². The summed E-state index contributed by atoms with van der Waals surface area (Å²) in [5, 5.41) is 2.80. The number of allylic oxidation sites excluding steroid dienone is 1. The fourth-order valence-electron chi connectivity index (χ4n) is 0.852. The first-order chi connectivity index (χ1) is 6.20. The van der Waals surface area contributed by atoms with Gasteiger partial charge in [-0.05, 0) is 5.92 Å². The molecule has 3 heteroatoms. The van der Waals surface area contributed by atoms with E-state index in [9.17, 15) is 4.79 Å². The Morgan fingerprint density at radius 1 is 1.54 bits per heavy atom. The maximum atomic E-state index is 11.2. The number of amides is 1. The Balaban J connectivity index is 3.46. The molecule has 0 aromatic heterocycles. The molecule has 1 N–H and O–H groups in total. The molecule has 1 unspecified atom stereocenters. The van der Waals surface area contributed by atoms with Crippen LogP contribution in [0.25, 0.3) is 0 Å². The molecular weight excluding hydrogens is 186 g/mol. The molecule has 0 aliphatic heterocycles. The van der Waals surface area contributed by atoms with Crippen molar-refractivity contribution in [1.82, 2.24) is 5.32 Å². The van der Waals surface area contributed by atoms with Crippen LogP contribution < -0.4 is 5.32 Å². The number of carbonyl (C=O) groups excluding carboxylic acids is 1. The minimum absolute atomic E-state index is 0.119. The minimum Gasteiger partial charge on any atom is -0.353 e. The van der Waals surface area contributed by atoms with Gasteiger partial charge in [0.15, 0.2) is 0 Å². The average Bonchev–Trinajstić information content (AvgIpc) is 2.12. The zero-order valence-corrected chi connectivity index (χ0v) is 9.10. The van der Waals surface area contributed by atoms with Gasteiger partial charge < -0.3 is 5.32 Å². The van der Waals surface area contributed by atoms with Crippen molar-refractivity contribution in [2.45, 2.75) is 26.7 Å². The lowest BCUT2D eigenvalue weighted by Crippen LogP contribution is -2.24. The lowest BCUT2D eigenvalue weighted by atomic mass is 10.1. The molecule has 0 aliphatic carbocycles. The number of rotatable bonds is 6. The van der Waals surface area contributed by atoms with E-state index in [1.54, 1.807) is 0 Å². The Morgan fingerprint density at radius 2 is 2.23 bits per heavy atom. The predicted octanol–water partition coefficient (Wildman–Crippen LogP) is 2.33. The molecular formula is C10H18ClNO. The Bertz CT molecular complexity index is 168. The molecule has 2 nitrogen and oxygen atoms in total. The van der Waals surface area contributed by atoms with Crippen LogP contribution in [0.15, 0.2) is 12.2 Å². The van der Waals surface area contributed by atoms with Crippen LogP contribution in [0.2, 0.25) is 0 Å².